The van der Waals surface area contributed by atoms with Crippen molar-refractivity contribution in [3.63, 3.8) is 0 Å². The predicted octanol–water partition coefficient (Wildman–Crippen LogP) is 3.74. The number of carboxylic acids is 1. The largest absolute Gasteiger partial charge is 0.490 e. The standard InChI is InChI=1S/C20H24N4O.C2HF3O2/c1-2-4-17(5-3-1)22-19-21-10-16-12-25-14-20(18(16)23-19)8-9-24(13-20)11-15-6-7-15;3-2(4,5)1(6)7/h1-5,10,15H,6-9,11-14H2,(H,21,22,23);(H,6,7). The molecule has 2 aliphatic heterocycles. The second kappa shape index (κ2) is 9.03. The van der Waals surface area contributed by atoms with Crippen molar-refractivity contribution in [1.82, 2.24) is 14.9 Å². The molecule has 1 saturated carbocycles. The molecule has 1 unspecified atom stereocenters. The first-order valence-corrected chi connectivity index (χ1v) is 10.5. The highest BCUT2D eigenvalue weighted by atomic mass is 19.4. The quantitative estimate of drug-likeness (QED) is 0.734. The number of nitrogens with zero attached hydrogens (tertiary/aromatic N) is 3. The van der Waals surface area contributed by atoms with Crippen LogP contribution in [0.15, 0.2) is 36.5 Å². The van der Waals surface area contributed by atoms with Crippen LogP contribution in [0.4, 0.5) is 24.8 Å². The van der Waals surface area contributed by atoms with Crippen LogP contribution in [0, 0.1) is 5.92 Å². The van der Waals surface area contributed by atoms with E-state index >= 15 is 0 Å². The first kappa shape index (κ1) is 22.5. The summed E-state index contributed by atoms with van der Waals surface area (Å²) in [6.07, 6.45) is 0.806. The highest BCUT2D eigenvalue weighted by Gasteiger charge is 2.45. The monoisotopic (exact) mass is 450 g/mol. The number of para-hydroxylation sites is 1. The third kappa shape index (κ3) is 5.36. The average Bonchev–Trinajstić information content (AvgIpc) is 3.48. The molecule has 3 heterocycles. The summed E-state index contributed by atoms with van der Waals surface area (Å²) in [7, 11) is 0. The molecule has 3 aliphatic rings. The van der Waals surface area contributed by atoms with Gasteiger partial charge >= 0.3 is 12.1 Å². The molecule has 1 aromatic heterocycles. The summed E-state index contributed by atoms with van der Waals surface area (Å²) in [6, 6.07) is 10.1. The van der Waals surface area contributed by atoms with Crippen LogP contribution in [0.1, 0.15) is 30.5 Å². The zero-order valence-electron chi connectivity index (χ0n) is 17.4. The summed E-state index contributed by atoms with van der Waals surface area (Å²) < 4.78 is 37.7. The number of carbonyl (C=O) groups is 1. The van der Waals surface area contributed by atoms with Gasteiger partial charge in [0.05, 0.1) is 24.3 Å². The SMILES string of the molecule is O=C(O)C(F)(F)F.c1ccc(Nc2ncc3c(n2)C2(CCN(CC4CC4)C2)COC3)cc1. The number of rotatable bonds is 4. The molecule has 5 rings (SSSR count). The zero-order chi connectivity index (χ0) is 22.8. The van der Waals surface area contributed by atoms with Crippen molar-refractivity contribution >= 4 is 17.6 Å². The summed E-state index contributed by atoms with van der Waals surface area (Å²) in [6.45, 7) is 4.88. The Kier molecular flexibility index (Phi) is 6.34. The molecule has 172 valence electrons. The number of alkyl halides is 3. The van der Waals surface area contributed by atoms with Gasteiger partial charge in [0.25, 0.3) is 0 Å². The highest BCUT2D eigenvalue weighted by Crippen LogP contribution is 2.41. The number of fused-ring (bicyclic) bond motifs is 2. The number of likely N-dealkylation sites (tertiary alicyclic amines) is 1. The van der Waals surface area contributed by atoms with Gasteiger partial charge in [0.1, 0.15) is 0 Å². The Morgan fingerprint density at radius 3 is 2.66 bits per heavy atom. The van der Waals surface area contributed by atoms with Gasteiger partial charge < -0.3 is 20.1 Å². The number of carboxylic acid groups (broad SMARTS) is 1. The Labute approximate surface area is 183 Å². The van der Waals surface area contributed by atoms with E-state index in [9.17, 15) is 13.2 Å². The van der Waals surface area contributed by atoms with Crippen LogP contribution in [0.25, 0.3) is 0 Å². The van der Waals surface area contributed by atoms with Crippen LogP contribution in [-0.2, 0) is 21.6 Å². The molecule has 2 aromatic rings. The molecular formula is C22H25F3N4O3. The first-order chi connectivity index (χ1) is 15.2. The van der Waals surface area contributed by atoms with Crippen LogP contribution in [0.3, 0.4) is 0 Å². The number of benzene rings is 1. The van der Waals surface area contributed by atoms with Crippen molar-refractivity contribution in [2.75, 3.05) is 31.6 Å². The van der Waals surface area contributed by atoms with Gasteiger partial charge in [-0.15, -0.1) is 0 Å². The number of nitrogens with one attached hydrogen (secondary N) is 1. The number of aliphatic carboxylic acids is 1. The maximum atomic E-state index is 10.6. The van der Waals surface area contributed by atoms with Crippen molar-refractivity contribution in [2.45, 2.75) is 37.5 Å². The van der Waals surface area contributed by atoms with Crippen molar-refractivity contribution in [1.29, 1.82) is 0 Å². The van der Waals surface area contributed by atoms with E-state index in [1.54, 1.807) is 0 Å². The van der Waals surface area contributed by atoms with Crippen molar-refractivity contribution < 1.29 is 27.8 Å². The van der Waals surface area contributed by atoms with Gasteiger partial charge in [-0.05, 0) is 43.9 Å². The molecule has 0 bridgehead atoms. The van der Waals surface area contributed by atoms with Crippen LogP contribution in [0.2, 0.25) is 0 Å². The second-order valence-corrected chi connectivity index (χ2v) is 8.56. The van der Waals surface area contributed by atoms with Crippen LogP contribution < -0.4 is 5.32 Å². The fraction of sp³-hybridized carbons (Fsp3) is 0.500. The molecule has 1 aliphatic carbocycles. The Balaban J connectivity index is 0.000000307. The lowest BCUT2D eigenvalue weighted by Crippen LogP contribution is -2.40. The van der Waals surface area contributed by atoms with Gasteiger partial charge in [0.15, 0.2) is 0 Å². The van der Waals surface area contributed by atoms with E-state index in [1.807, 2.05) is 36.5 Å². The summed E-state index contributed by atoms with van der Waals surface area (Å²) in [4.78, 5) is 21.0. The van der Waals surface area contributed by atoms with Crippen molar-refractivity contribution in [3.05, 3.63) is 47.8 Å². The van der Waals surface area contributed by atoms with E-state index in [0.717, 1.165) is 43.3 Å². The third-order valence-corrected chi connectivity index (χ3v) is 5.92. The minimum atomic E-state index is -5.08. The molecule has 1 spiro atoms. The molecule has 1 saturated heterocycles. The minimum Gasteiger partial charge on any atom is -0.475 e. The maximum absolute atomic E-state index is 10.6. The van der Waals surface area contributed by atoms with Crippen LogP contribution in [0.5, 0.6) is 0 Å². The number of hydrogen-bond acceptors (Lipinski definition) is 6. The lowest BCUT2D eigenvalue weighted by atomic mass is 9.80. The lowest BCUT2D eigenvalue weighted by Gasteiger charge is -2.34. The first-order valence-electron chi connectivity index (χ1n) is 10.5. The summed E-state index contributed by atoms with van der Waals surface area (Å²) in [5.41, 5.74) is 3.41. The molecule has 1 aromatic carbocycles. The second-order valence-electron chi connectivity index (χ2n) is 8.56. The molecule has 2 N–H and O–H groups in total. The van der Waals surface area contributed by atoms with E-state index in [2.05, 4.69) is 15.2 Å². The van der Waals surface area contributed by atoms with E-state index in [1.165, 1.54) is 25.1 Å². The maximum Gasteiger partial charge on any atom is 0.490 e. The molecule has 7 nitrogen and oxygen atoms in total. The van der Waals surface area contributed by atoms with Gasteiger partial charge in [-0.25, -0.2) is 14.8 Å². The van der Waals surface area contributed by atoms with E-state index in [4.69, 9.17) is 19.6 Å². The smallest absolute Gasteiger partial charge is 0.475 e. The van der Waals surface area contributed by atoms with Crippen LogP contribution in [-0.4, -0.2) is 58.4 Å². The molecule has 10 heteroatoms. The Morgan fingerprint density at radius 2 is 2.00 bits per heavy atom. The number of hydrogen-bond donors (Lipinski definition) is 2. The van der Waals surface area contributed by atoms with E-state index in [-0.39, 0.29) is 5.41 Å². The molecule has 1 atom stereocenters. The van der Waals surface area contributed by atoms with Crippen molar-refractivity contribution in [3.8, 4) is 0 Å². The molecular weight excluding hydrogens is 425 g/mol. The van der Waals surface area contributed by atoms with Gasteiger partial charge in [0.2, 0.25) is 5.95 Å². The number of anilines is 2. The molecule has 2 fully saturated rings. The Bertz CT molecular complexity index is 953. The van der Waals surface area contributed by atoms with Crippen molar-refractivity contribution in [2.24, 2.45) is 5.92 Å². The van der Waals surface area contributed by atoms with Gasteiger partial charge in [-0.3, -0.25) is 0 Å². The minimum absolute atomic E-state index is 0.0402. The summed E-state index contributed by atoms with van der Waals surface area (Å²) in [5.74, 6) is -1.14. The predicted molar refractivity (Wildman–Crippen MR) is 111 cm³/mol. The topological polar surface area (TPSA) is 87.6 Å². The number of aromatic nitrogens is 2. The lowest BCUT2D eigenvalue weighted by molar-refractivity contribution is -0.192. The summed E-state index contributed by atoms with van der Waals surface area (Å²) >= 11 is 0. The molecule has 0 radical (unpaired) electrons. The highest BCUT2D eigenvalue weighted by molar-refractivity contribution is 5.73. The van der Waals surface area contributed by atoms with Gasteiger partial charge in [0, 0.05) is 30.5 Å². The van der Waals surface area contributed by atoms with Crippen LogP contribution >= 0.6 is 0 Å². The number of halogens is 3. The summed E-state index contributed by atoms with van der Waals surface area (Å²) in [5, 5.41) is 10.5. The average molecular weight is 450 g/mol. The molecule has 32 heavy (non-hydrogen) atoms. The normalized spacial score (nSPS) is 22.7. The molecule has 0 amide bonds. The Morgan fingerprint density at radius 1 is 1.28 bits per heavy atom. The Hall–Kier alpha value is -2.72. The van der Waals surface area contributed by atoms with E-state index in [0.29, 0.717) is 12.6 Å². The van der Waals surface area contributed by atoms with Gasteiger partial charge in [-0.1, -0.05) is 18.2 Å². The third-order valence-electron chi connectivity index (χ3n) is 5.92. The number of ether oxygens (including phenoxy) is 1. The fourth-order valence-corrected chi connectivity index (χ4v) is 4.20. The van der Waals surface area contributed by atoms with Gasteiger partial charge in [-0.2, -0.15) is 13.2 Å². The fourth-order valence-electron chi connectivity index (χ4n) is 4.20. The van der Waals surface area contributed by atoms with E-state index < -0.39 is 12.1 Å². The zero-order valence-corrected chi connectivity index (χ0v) is 17.4.